The maximum atomic E-state index is 8.75. The molecular weight excluding hydrogens is 194 g/mol. The first kappa shape index (κ1) is 10.6. The average molecular weight is 211 g/mol. The highest BCUT2D eigenvalue weighted by atomic mass is 16.5. The van der Waals surface area contributed by atoms with Crippen molar-refractivity contribution in [1.82, 2.24) is 10.1 Å². The summed E-state index contributed by atoms with van der Waals surface area (Å²) in [6, 6.07) is 0. The van der Waals surface area contributed by atoms with E-state index in [4.69, 9.17) is 15.4 Å². The van der Waals surface area contributed by atoms with E-state index >= 15 is 0 Å². The fraction of sp³-hybridized carbons (Fsp3) is 0.800. The topological polar surface area (TPSA) is 85.2 Å². The van der Waals surface area contributed by atoms with E-state index in [1.807, 2.05) is 0 Å². The number of hydrogen-bond donors (Lipinski definition) is 2. The fourth-order valence-corrected chi connectivity index (χ4v) is 2.26. The van der Waals surface area contributed by atoms with Gasteiger partial charge in [-0.3, -0.25) is 0 Å². The third-order valence-corrected chi connectivity index (χ3v) is 3.10. The smallest absolute Gasteiger partial charge is 0.230 e. The zero-order chi connectivity index (χ0) is 10.7. The predicted octanol–water partition coefficient (Wildman–Crippen LogP) is 0.447. The molecule has 0 aromatic carbocycles. The highest BCUT2D eigenvalue weighted by Crippen LogP contribution is 2.38. The molecule has 1 aliphatic carbocycles. The van der Waals surface area contributed by atoms with Crippen molar-refractivity contribution in [2.24, 2.45) is 11.7 Å². The second kappa shape index (κ2) is 4.72. The maximum absolute atomic E-state index is 8.75. The summed E-state index contributed by atoms with van der Waals surface area (Å²) in [5.41, 5.74) is 5.70. The van der Waals surface area contributed by atoms with E-state index in [2.05, 4.69) is 10.1 Å². The molecule has 2 rings (SSSR count). The van der Waals surface area contributed by atoms with E-state index < -0.39 is 0 Å². The Morgan fingerprint density at radius 2 is 2.33 bits per heavy atom. The fourth-order valence-electron chi connectivity index (χ4n) is 2.26. The van der Waals surface area contributed by atoms with Gasteiger partial charge in [0.15, 0.2) is 5.82 Å². The first-order chi connectivity index (χ1) is 7.35. The van der Waals surface area contributed by atoms with Crippen LogP contribution in [0.25, 0.3) is 0 Å². The van der Waals surface area contributed by atoms with E-state index in [1.165, 1.54) is 6.42 Å². The molecular formula is C10H17N3O2. The summed E-state index contributed by atoms with van der Waals surface area (Å²) in [6.07, 6.45) is 3.88. The first-order valence-electron chi connectivity index (χ1n) is 5.48. The summed E-state index contributed by atoms with van der Waals surface area (Å²) < 4.78 is 5.21. The Labute approximate surface area is 88.7 Å². The molecule has 0 amide bonds. The molecule has 5 heteroatoms. The van der Waals surface area contributed by atoms with Crippen LogP contribution in [0.3, 0.4) is 0 Å². The lowest BCUT2D eigenvalue weighted by atomic mass is 9.96. The van der Waals surface area contributed by atoms with Crippen molar-refractivity contribution in [1.29, 1.82) is 0 Å². The number of aliphatic hydroxyl groups is 1. The molecule has 1 fully saturated rings. The summed E-state index contributed by atoms with van der Waals surface area (Å²) >= 11 is 0. The van der Waals surface area contributed by atoms with Gasteiger partial charge in [0.1, 0.15) is 0 Å². The van der Waals surface area contributed by atoms with Crippen molar-refractivity contribution < 1.29 is 9.63 Å². The van der Waals surface area contributed by atoms with Crippen molar-refractivity contribution in [3.8, 4) is 0 Å². The SMILES string of the molecule is NCC1CCCC1c1nc(CCO)no1. The van der Waals surface area contributed by atoms with Crippen molar-refractivity contribution in [3.05, 3.63) is 11.7 Å². The molecule has 1 aliphatic rings. The average Bonchev–Trinajstić information content (AvgIpc) is 2.84. The largest absolute Gasteiger partial charge is 0.396 e. The minimum absolute atomic E-state index is 0.0595. The Morgan fingerprint density at radius 1 is 1.47 bits per heavy atom. The molecule has 2 unspecified atom stereocenters. The highest BCUT2D eigenvalue weighted by molar-refractivity contribution is 5.00. The number of rotatable bonds is 4. The van der Waals surface area contributed by atoms with E-state index in [0.29, 0.717) is 36.5 Å². The maximum Gasteiger partial charge on any atom is 0.230 e. The van der Waals surface area contributed by atoms with E-state index in [0.717, 1.165) is 12.8 Å². The first-order valence-corrected chi connectivity index (χ1v) is 5.48. The van der Waals surface area contributed by atoms with E-state index in [1.54, 1.807) is 0 Å². The molecule has 0 aliphatic heterocycles. The second-order valence-corrected chi connectivity index (χ2v) is 4.06. The third kappa shape index (κ3) is 2.18. The monoisotopic (exact) mass is 211 g/mol. The Kier molecular flexibility index (Phi) is 3.33. The zero-order valence-corrected chi connectivity index (χ0v) is 8.72. The van der Waals surface area contributed by atoms with Gasteiger partial charge < -0.3 is 15.4 Å². The summed E-state index contributed by atoms with van der Waals surface area (Å²) in [7, 11) is 0. The zero-order valence-electron chi connectivity index (χ0n) is 8.72. The lowest BCUT2D eigenvalue weighted by molar-refractivity contribution is 0.290. The Bertz CT molecular complexity index is 313. The molecule has 1 saturated carbocycles. The second-order valence-electron chi connectivity index (χ2n) is 4.06. The predicted molar refractivity (Wildman–Crippen MR) is 54.2 cm³/mol. The van der Waals surface area contributed by atoms with Gasteiger partial charge in [0.25, 0.3) is 0 Å². The molecule has 5 nitrogen and oxygen atoms in total. The Balaban J connectivity index is 2.07. The van der Waals surface area contributed by atoms with Gasteiger partial charge in [-0.1, -0.05) is 11.6 Å². The van der Waals surface area contributed by atoms with Gasteiger partial charge in [0.2, 0.25) is 5.89 Å². The lowest BCUT2D eigenvalue weighted by Gasteiger charge is -2.12. The van der Waals surface area contributed by atoms with Crippen LogP contribution in [-0.2, 0) is 6.42 Å². The minimum atomic E-state index is 0.0595. The number of nitrogens with two attached hydrogens (primary N) is 1. The molecule has 0 spiro atoms. The number of hydrogen-bond acceptors (Lipinski definition) is 5. The van der Waals surface area contributed by atoms with Crippen LogP contribution in [0.4, 0.5) is 0 Å². The van der Waals surface area contributed by atoms with Crippen LogP contribution < -0.4 is 5.73 Å². The normalized spacial score (nSPS) is 26.0. The summed E-state index contributed by atoms with van der Waals surface area (Å²) in [6.45, 7) is 0.742. The Morgan fingerprint density at radius 3 is 3.07 bits per heavy atom. The van der Waals surface area contributed by atoms with Gasteiger partial charge in [0.05, 0.1) is 6.61 Å². The molecule has 3 N–H and O–H groups in total. The lowest BCUT2D eigenvalue weighted by Crippen LogP contribution is -2.17. The number of nitrogens with zero attached hydrogens (tertiary/aromatic N) is 2. The van der Waals surface area contributed by atoms with Crippen LogP contribution in [0.1, 0.15) is 36.9 Å². The minimum Gasteiger partial charge on any atom is -0.396 e. The standard InChI is InChI=1S/C10H17N3O2/c11-6-7-2-1-3-8(7)10-12-9(4-5-14)13-15-10/h7-8,14H,1-6,11H2. The highest BCUT2D eigenvalue weighted by Gasteiger charge is 2.31. The van der Waals surface area contributed by atoms with Crippen LogP contribution in [0, 0.1) is 5.92 Å². The van der Waals surface area contributed by atoms with Crippen molar-refractivity contribution in [3.63, 3.8) is 0 Å². The van der Waals surface area contributed by atoms with E-state index in [9.17, 15) is 0 Å². The van der Waals surface area contributed by atoms with Crippen LogP contribution in [0.5, 0.6) is 0 Å². The molecule has 0 radical (unpaired) electrons. The van der Waals surface area contributed by atoms with Crippen LogP contribution in [0.2, 0.25) is 0 Å². The van der Waals surface area contributed by atoms with Crippen molar-refractivity contribution >= 4 is 0 Å². The van der Waals surface area contributed by atoms with Crippen molar-refractivity contribution in [2.75, 3.05) is 13.2 Å². The van der Waals surface area contributed by atoms with Gasteiger partial charge in [-0.2, -0.15) is 4.98 Å². The van der Waals surface area contributed by atoms with Crippen molar-refractivity contribution in [2.45, 2.75) is 31.6 Å². The van der Waals surface area contributed by atoms with Gasteiger partial charge in [-0.15, -0.1) is 0 Å². The molecule has 1 aromatic heterocycles. The third-order valence-electron chi connectivity index (χ3n) is 3.10. The summed E-state index contributed by atoms with van der Waals surface area (Å²) in [5, 5.41) is 12.6. The van der Waals surface area contributed by atoms with Crippen LogP contribution in [0.15, 0.2) is 4.52 Å². The van der Waals surface area contributed by atoms with Gasteiger partial charge >= 0.3 is 0 Å². The Hall–Kier alpha value is -0.940. The molecule has 84 valence electrons. The van der Waals surface area contributed by atoms with Gasteiger partial charge in [0, 0.05) is 12.3 Å². The quantitative estimate of drug-likeness (QED) is 0.755. The molecule has 2 atom stereocenters. The van der Waals surface area contributed by atoms with Gasteiger partial charge in [-0.25, -0.2) is 0 Å². The molecule has 0 bridgehead atoms. The van der Waals surface area contributed by atoms with Crippen LogP contribution >= 0.6 is 0 Å². The summed E-state index contributed by atoms with van der Waals surface area (Å²) in [4.78, 5) is 4.29. The molecule has 15 heavy (non-hydrogen) atoms. The number of aromatic nitrogens is 2. The van der Waals surface area contributed by atoms with Crippen LogP contribution in [-0.4, -0.2) is 28.4 Å². The number of aliphatic hydroxyl groups excluding tert-OH is 1. The van der Waals surface area contributed by atoms with Gasteiger partial charge in [-0.05, 0) is 25.3 Å². The molecule has 1 heterocycles. The molecule has 0 saturated heterocycles. The summed E-state index contributed by atoms with van der Waals surface area (Å²) in [5.74, 6) is 2.10. The molecule has 1 aromatic rings. The van der Waals surface area contributed by atoms with E-state index in [-0.39, 0.29) is 6.61 Å².